The van der Waals surface area contributed by atoms with E-state index in [1.807, 2.05) is 31.2 Å². The first-order valence-corrected chi connectivity index (χ1v) is 7.19. The van der Waals surface area contributed by atoms with E-state index >= 15 is 0 Å². The Balaban J connectivity index is 1.96. The number of carbonyl (C=O) groups excluding carboxylic acids is 1. The summed E-state index contributed by atoms with van der Waals surface area (Å²) in [5.41, 5.74) is 3.45. The van der Waals surface area contributed by atoms with Crippen LogP contribution in [0.5, 0.6) is 0 Å². The van der Waals surface area contributed by atoms with Crippen LogP contribution in [0.1, 0.15) is 23.0 Å². The number of rotatable bonds is 2. The van der Waals surface area contributed by atoms with Crippen molar-refractivity contribution < 1.29 is 18.4 Å². The minimum absolute atomic E-state index is 0.213. The minimum Gasteiger partial charge on any atom is -0.460 e. The van der Waals surface area contributed by atoms with Gasteiger partial charge in [-0.3, -0.25) is 0 Å². The fourth-order valence-electron chi connectivity index (χ4n) is 2.73. The summed E-state index contributed by atoms with van der Waals surface area (Å²) in [7, 11) is 0. The quantitative estimate of drug-likeness (QED) is 0.497. The summed E-state index contributed by atoms with van der Waals surface area (Å²) in [4.78, 5) is 11.8. The molecule has 4 rings (SSSR count). The van der Waals surface area contributed by atoms with Crippen LogP contribution in [0.4, 0.5) is 0 Å². The highest BCUT2D eigenvalue weighted by Crippen LogP contribution is 2.33. The lowest BCUT2D eigenvalue weighted by atomic mass is 10.1. The Morgan fingerprint density at radius 1 is 1.00 bits per heavy atom. The lowest BCUT2D eigenvalue weighted by Crippen LogP contribution is -2.02. The van der Waals surface area contributed by atoms with Gasteiger partial charge in [-0.1, -0.05) is 11.6 Å². The fourth-order valence-corrected chi connectivity index (χ4v) is 2.73. The first-order valence-electron chi connectivity index (χ1n) is 7.19. The molecule has 0 saturated heterocycles. The van der Waals surface area contributed by atoms with Crippen LogP contribution >= 0.6 is 0 Å². The maximum absolute atomic E-state index is 11.8. The summed E-state index contributed by atoms with van der Waals surface area (Å²) in [6.45, 7) is 4.13. The molecule has 2 heterocycles. The van der Waals surface area contributed by atoms with E-state index in [1.54, 1.807) is 13.0 Å². The molecule has 110 valence electrons. The van der Waals surface area contributed by atoms with Crippen LogP contribution in [0.3, 0.4) is 0 Å². The Labute approximate surface area is 126 Å². The summed E-state index contributed by atoms with van der Waals surface area (Å²) in [6, 6.07) is 11.6. The highest BCUT2D eigenvalue weighted by atomic mass is 16.5. The van der Waals surface area contributed by atoms with Crippen molar-refractivity contribution in [2.24, 2.45) is 0 Å². The van der Waals surface area contributed by atoms with Crippen molar-refractivity contribution in [3.63, 3.8) is 0 Å². The molecule has 0 bridgehead atoms. The van der Waals surface area contributed by atoms with Gasteiger partial charge in [0.15, 0.2) is 0 Å². The normalized spacial score (nSPS) is 11.5. The third kappa shape index (κ3) is 1.88. The van der Waals surface area contributed by atoms with Crippen molar-refractivity contribution in [3.05, 3.63) is 47.7 Å². The molecule has 0 aliphatic heterocycles. The largest absolute Gasteiger partial charge is 0.460 e. The molecular weight excluding hydrogens is 280 g/mol. The number of benzene rings is 2. The van der Waals surface area contributed by atoms with Gasteiger partial charge < -0.3 is 13.6 Å². The number of ether oxygens (including phenoxy) is 1. The second-order valence-electron chi connectivity index (χ2n) is 5.32. The van der Waals surface area contributed by atoms with Crippen molar-refractivity contribution in [3.8, 4) is 0 Å². The summed E-state index contributed by atoms with van der Waals surface area (Å²) >= 11 is 0. The van der Waals surface area contributed by atoms with E-state index in [9.17, 15) is 4.79 Å². The Kier molecular flexibility index (Phi) is 2.73. The molecule has 2 aromatic carbocycles. The van der Waals surface area contributed by atoms with E-state index in [0.717, 1.165) is 27.3 Å². The van der Waals surface area contributed by atoms with Crippen molar-refractivity contribution in [2.45, 2.75) is 13.8 Å². The molecule has 0 unspecified atom stereocenters. The standard InChI is InChI=1S/C18H14O4/c1-3-20-18(19)17-8-11-7-16-13(9-15(11)22-17)12-6-10(2)4-5-14(12)21-16/h4-9H,3H2,1-2H3. The van der Waals surface area contributed by atoms with Gasteiger partial charge in [0.05, 0.1) is 6.61 Å². The lowest BCUT2D eigenvalue weighted by Gasteiger charge is -1.95. The van der Waals surface area contributed by atoms with Gasteiger partial charge >= 0.3 is 5.97 Å². The van der Waals surface area contributed by atoms with Gasteiger partial charge in [0, 0.05) is 16.2 Å². The average molecular weight is 294 g/mol. The van der Waals surface area contributed by atoms with E-state index < -0.39 is 5.97 Å². The molecule has 4 aromatic rings. The SMILES string of the molecule is CCOC(=O)c1cc2cc3oc4ccc(C)cc4c3cc2o1. The topological polar surface area (TPSA) is 52.6 Å². The zero-order valence-corrected chi connectivity index (χ0v) is 12.3. The number of fused-ring (bicyclic) bond motifs is 4. The zero-order chi connectivity index (χ0) is 15.3. The average Bonchev–Trinajstić information content (AvgIpc) is 3.05. The molecule has 0 atom stereocenters. The summed E-state index contributed by atoms with van der Waals surface area (Å²) < 4.78 is 16.5. The number of hydrogen-bond acceptors (Lipinski definition) is 4. The molecule has 22 heavy (non-hydrogen) atoms. The van der Waals surface area contributed by atoms with Gasteiger partial charge in [0.1, 0.15) is 16.7 Å². The molecule has 0 aliphatic rings. The monoisotopic (exact) mass is 294 g/mol. The first-order chi connectivity index (χ1) is 10.7. The van der Waals surface area contributed by atoms with Crippen LogP contribution in [0, 0.1) is 6.92 Å². The molecule has 4 heteroatoms. The van der Waals surface area contributed by atoms with Crippen LogP contribution in [0.15, 0.2) is 45.2 Å². The van der Waals surface area contributed by atoms with Gasteiger partial charge in [0.2, 0.25) is 5.76 Å². The van der Waals surface area contributed by atoms with Crippen molar-refractivity contribution in [2.75, 3.05) is 6.61 Å². The van der Waals surface area contributed by atoms with Crippen LogP contribution < -0.4 is 0 Å². The van der Waals surface area contributed by atoms with E-state index in [0.29, 0.717) is 12.2 Å². The van der Waals surface area contributed by atoms with E-state index in [-0.39, 0.29) is 5.76 Å². The molecule has 0 saturated carbocycles. The molecule has 0 spiro atoms. The highest BCUT2D eigenvalue weighted by molar-refractivity contribution is 6.10. The number of furan rings is 2. The molecule has 0 N–H and O–H groups in total. The van der Waals surface area contributed by atoms with Crippen LogP contribution in [-0.2, 0) is 4.74 Å². The third-order valence-corrected chi connectivity index (χ3v) is 3.74. The maximum Gasteiger partial charge on any atom is 0.374 e. The smallest absolute Gasteiger partial charge is 0.374 e. The highest BCUT2D eigenvalue weighted by Gasteiger charge is 2.16. The van der Waals surface area contributed by atoms with Gasteiger partial charge in [-0.15, -0.1) is 0 Å². The second-order valence-corrected chi connectivity index (χ2v) is 5.32. The fraction of sp³-hybridized carbons (Fsp3) is 0.167. The molecule has 4 nitrogen and oxygen atoms in total. The Morgan fingerprint density at radius 3 is 2.64 bits per heavy atom. The number of carbonyl (C=O) groups is 1. The predicted octanol–water partition coefficient (Wildman–Crippen LogP) is 4.82. The zero-order valence-electron chi connectivity index (χ0n) is 12.3. The maximum atomic E-state index is 11.8. The molecule has 2 aromatic heterocycles. The summed E-state index contributed by atoms with van der Waals surface area (Å²) in [5.74, 6) is -0.235. The first kappa shape index (κ1) is 13.0. The van der Waals surface area contributed by atoms with Crippen molar-refractivity contribution in [1.29, 1.82) is 0 Å². The van der Waals surface area contributed by atoms with E-state index in [2.05, 4.69) is 6.07 Å². The molecular formula is C18H14O4. The van der Waals surface area contributed by atoms with E-state index in [4.69, 9.17) is 13.6 Å². The summed E-state index contributed by atoms with van der Waals surface area (Å²) in [6.07, 6.45) is 0. The van der Waals surface area contributed by atoms with Crippen LogP contribution in [0.2, 0.25) is 0 Å². The lowest BCUT2D eigenvalue weighted by molar-refractivity contribution is 0.0492. The van der Waals surface area contributed by atoms with Crippen LogP contribution in [0.25, 0.3) is 32.9 Å². The number of esters is 1. The summed E-state index contributed by atoms with van der Waals surface area (Å²) in [5, 5.41) is 2.85. The third-order valence-electron chi connectivity index (χ3n) is 3.74. The number of aryl methyl sites for hydroxylation is 1. The van der Waals surface area contributed by atoms with Crippen LogP contribution in [-0.4, -0.2) is 12.6 Å². The van der Waals surface area contributed by atoms with Gasteiger partial charge in [0.25, 0.3) is 0 Å². The van der Waals surface area contributed by atoms with Gasteiger partial charge in [-0.25, -0.2) is 4.79 Å². The molecule has 0 amide bonds. The van der Waals surface area contributed by atoms with Gasteiger partial charge in [-0.2, -0.15) is 0 Å². The Bertz CT molecular complexity index is 1020. The Morgan fingerprint density at radius 2 is 1.82 bits per heavy atom. The minimum atomic E-state index is -0.448. The molecule has 0 radical (unpaired) electrons. The van der Waals surface area contributed by atoms with E-state index in [1.165, 1.54) is 5.56 Å². The number of hydrogen-bond donors (Lipinski definition) is 0. The molecule has 0 fully saturated rings. The van der Waals surface area contributed by atoms with Gasteiger partial charge in [-0.05, 0) is 44.2 Å². The van der Waals surface area contributed by atoms with Crippen molar-refractivity contribution in [1.82, 2.24) is 0 Å². The van der Waals surface area contributed by atoms with Crippen molar-refractivity contribution >= 4 is 38.9 Å². The predicted molar refractivity (Wildman–Crippen MR) is 84.2 cm³/mol. The Hall–Kier alpha value is -2.75. The molecule has 0 aliphatic carbocycles. The second kappa shape index (κ2) is 4.63.